The highest BCUT2D eigenvalue weighted by Crippen LogP contribution is 2.12. The molecule has 0 saturated heterocycles. The van der Waals surface area contributed by atoms with E-state index in [1.807, 2.05) is 20.8 Å². The predicted octanol–water partition coefficient (Wildman–Crippen LogP) is 0.698. The number of fused-ring (bicyclic) bond motifs is 1. The monoisotopic (exact) mass is 293 g/mol. The molecule has 1 atom stereocenters. The lowest BCUT2D eigenvalue weighted by Crippen LogP contribution is -2.41. The van der Waals surface area contributed by atoms with Crippen molar-refractivity contribution in [2.45, 2.75) is 59.3 Å². The third-order valence-electron chi connectivity index (χ3n) is 3.72. The molecule has 0 spiro atoms. The molecule has 2 aromatic rings. The quantitative estimate of drug-likeness (QED) is 0.879. The molecule has 7 heteroatoms. The Morgan fingerprint density at radius 3 is 2.48 bits per heavy atom. The van der Waals surface area contributed by atoms with Crippen LogP contribution in [-0.4, -0.2) is 24.7 Å². The molecular formula is C14H23N5O2. The van der Waals surface area contributed by atoms with Crippen LogP contribution >= 0.6 is 0 Å². The molecule has 7 nitrogen and oxygen atoms in total. The molecule has 0 aromatic carbocycles. The van der Waals surface area contributed by atoms with E-state index in [-0.39, 0.29) is 23.3 Å². The summed E-state index contributed by atoms with van der Waals surface area (Å²) in [5, 5.41) is 0. The summed E-state index contributed by atoms with van der Waals surface area (Å²) in [4.78, 5) is 29.3. The molecule has 1 unspecified atom stereocenters. The van der Waals surface area contributed by atoms with Crippen molar-refractivity contribution in [3.8, 4) is 0 Å². The Hall–Kier alpha value is -1.89. The zero-order valence-corrected chi connectivity index (χ0v) is 13.0. The average molecular weight is 293 g/mol. The van der Waals surface area contributed by atoms with Crippen LogP contribution in [0, 0.1) is 0 Å². The van der Waals surface area contributed by atoms with E-state index in [1.54, 1.807) is 22.4 Å². The second-order valence-corrected chi connectivity index (χ2v) is 5.53. The highest BCUT2D eigenvalue weighted by atomic mass is 16.2. The van der Waals surface area contributed by atoms with Crippen LogP contribution in [0.1, 0.15) is 40.2 Å². The highest BCUT2D eigenvalue weighted by Gasteiger charge is 2.19. The number of imidazole rings is 1. The van der Waals surface area contributed by atoms with Crippen LogP contribution in [0.2, 0.25) is 0 Å². The van der Waals surface area contributed by atoms with Gasteiger partial charge in [-0.1, -0.05) is 6.92 Å². The molecule has 2 rings (SSSR count). The summed E-state index contributed by atoms with van der Waals surface area (Å²) in [6.45, 7) is 8.45. The molecule has 116 valence electrons. The van der Waals surface area contributed by atoms with Crippen LogP contribution < -0.4 is 17.0 Å². The number of hydrogen-bond acceptors (Lipinski definition) is 4. The summed E-state index contributed by atoms with van der Waals surface area (Å²) >= 11 is 0. The first-order valence-corrected chi connectivity index (χ1v) is 7.38. The molecule has 2 aromatic heterocycles. The SMILES string of the molecule is CCC(N)Cn1cnc2c1c(=O)n(CC)c(=O)n2C(C)C. The lowest BCUT2D eigenvalue weighted by molar-refractivity contribution is 0.526. The first-order valence-electron chi connectivity index (χ1n) is 7.38. The van der Waals surface area contributed by atoms with Crippen LogP contribution in [0.15, 0.2) is 15.9 Å². The van der Waals surface area contributed by atoms with Gasteiger partial charge in [-0.05, 0) is 27.2 Å². The van der Waals surface area contributed by atoms with Crippen molar-refractivity contribution >= 4 is 11.2 Å². The first kappa shape index (κ1) is 15.5. The van der Waals surface area contributed by atoms with E-state index >= 15 is 0 Å². The van der Waals surface area contributed by atoms with E-state index < -0.39 is 0 Å². The number of nitrogens with zero attached hydrogens (tertiary/aromatic N) is 4. The zero-order chi connectivity index (χ0) is 15.7. The molecule has 0 radical (unpaired) electrons. The van der Waals surface area contributed by atoms with Gasteiger partial charge in [0, 0.05) is 25.2 Å². The second kappa shape index (κ2) is 5.85. The number of nitrogens with two attached hydrogens (primary N) is 1. The van der Waals surface area contributed by atoms with Gasteiger partial charge in [-0.2, -0.15) is 0 Å². The van der Waals surface area contributed by atoms with Gasteiger partial charge in [0.15, 0.2) is 11.2 Å². The summed E-state index contributed by atoms with van der Waals surface area (Å²) in [6, 6.07) is -0.113. The fourth-order valence-corrected chi connectivity index (χ4v) is 2.47. The Morgan fingerprint density at radius 2 is 1.95 bits per heavy atom. The summed E-state index contributed by atoms with van der Waals surface area (Å²) in [5.41, 5.74) is 6.26. The minimum Gasteiger partial charge on any atom is -0.326 e. The molecule has 0 bridgehead atoms. The molecule has 0 saturated carbocycles. The van der Waals surface area contributed by atoms with Gasteiger partial charge in [0.05, 0.1) is 6.33 Å². The summed E-state index contributed by atoms with van der Waals surface area (Å²) in [7, 11) is 0. The Labute approximate surface area is 123 Å². The third-order valence-corrected chi connectivity index (χ3v) is 3.72. The second-order valence-electron chi connectivity index (χ2n) is 5.53. The molecular weight excluding hydrogens is 270 g/mol. The maximum Gasteiger partial charge on any atom is 0.332 e. The average Bonchev–Trinajstić information content (AvgIpc) is 2.82. The van der Waals surface area contributed by atoms with Crippen molar-refractivity contribution < 1.29 is 0 Å². The van der Waals surface area contributed by atoms with E-state index in [1.165, 1.54) is 4.57 Å². The topological polar surface area (TPSA) is 87.8 Å². The van der Waals surface area contributed by atoms with Crippen molar-refractivity contribution in [2.75, 3.05) is 0 Å². The fourth-order valence-electron chi connectivity index (χ4n) is 2.47. The summed E-state index contributed by atoms with van der Waals surface area (Å²) in [5.74, 6) is 0. The van der Waals surface area contributed by atoms with E-state index in [9.17, 15) is 9.59 Å². The molecule has 0 aliphatic carbocycles. The highest BCUT2D eigenvalue weighted by molar-refractivity contribution is 5.70. The van der Waals surface area contributed by atoms with Gasteiger partial charge in [-0.15, -0.1) is 0 Å². The van der Waals surface area contributed by atoms with Crippen LogP contribution in [0.25, 0.3) is 11.2 Å². The summed E-state index contributed by atoms with van der Waals surface area (Å²) < 4.78 is 4.57. The maximum atomic E-state index is 12.6. The minimum atomic E-state index is -0.310. The van der Waals surface area contributed by atoms with Crippen molar-refractivity contribution in [1.82, 2.24) is 18.7 Å². The largest absolute Gasteiger partial charge is 0.332 e. The van der Waals surface area contributed by atoms with Crippen LogP contribution in [0.5, 0.6) is 0 Å². The lowest BCUT2D eigenvalue weighted by Gasteiger charge is -2.15. The molecule has 21 heavy (non-hydrogen) atoms. The van der Waals surface area contributed by atoms with Crippen molar-refractivity contribution in [2.24, 2.45) is 5.73 Å². The van der Waals surface area contributed by atoms with Crippen LogP contribution in [0.4, 0.5) is 0 Å². The van der Waals surface area contributed by atoms with Gasteiger partial charge in [0.2, 0.25) is 0 Å². The molecule has 0 aliphatic rings. The fraction of sp³-hybridized carbons (Fsp3) is 0.643. The third kappa shape index (κ3) is 2.53. The van der Waals surface area contributed by atoms with Crippen molar-refractivity contribution in [1.29, 1.82) is 0 Å². The van der Waals surface area contributed by atoms with Gasteiger partial charge in [0.1, 0.15) is 0 Å². The molecule has 0 fully saturated rings. The lowest BCUT2D eigenvalue weighted by atomic mass is 10.2. The van der Waals surface area contributed by atoms with Gasteiger partial charge in [-0.3, -0.25) is 13.9 Å². The first-order chi connectivity index (χ1) is 9.92. The normalized spacial score (nSPS) is 13.2. The van der Waals surface area contributed by atoms with Gasteiger partial charge < -0.3 is 10.3 Å². The van der Waals surface area contributed by atoms with E-state index in [2.05, 4.69) is 4.98 Å². The molecule has 0 amide bonds. The van der Waals surface area contributed by atoms with Gasteiger partial charge >= 0.3 is 5.69 Å². The Balaban J connectivity index is 2.82. The minimum absolute atomic E-state index is 0.0451. The number of aromatic nitrogens is 4. The van der Waals surface area contributed by atoms with Gasteiger partial charge in [0.25, 0.3) is 5.56 Å². The number of hydrogen-bond donors (Lipinski definition) is 1. The molecule has 2 heterocycles. The smallest absolute Gasteiger partial charge is 0.326 e. The van der Waals surface area contributed by atoms with Crippen LogP contribution in [0.3, 0.4) is 0 Å². The Bertz CT molecular complexity index is 753. The summed E-state index contributed by atoms with van der Waals surface area (Å²) in [6.07, 6.45) is 2.41. The zero-order valence-electron chi connectivity index (χ0n) is 13.0. The Kier molecular flexibility index (Phi) is 4.32. The van der Waals surface area contributed by atoms with E-state index in [0.29, 0.717) is 24.3 Å². The van der Waals surface area contributed by atoms with Crippen molar-refractivity contribution in [3.63, 3.8) is 0 Å². The van der Waals surface area contributed by atoms with Crippen molar-refractivity contribution in [3.05, 3.63) is 27.2 Å². The van der Waals surface area contributed by atoms with E-state index in [0.717, 1.165) is 6.42 Å². The standard InChI is InChI=1S/C14H23N5O2/c1-5-10(15)7-17-8-16-12-11(17)13(20)18(6-2)14(21)19(12)9(3)4/h8-10H,5-7,15H2,1-4H3. The number of rotatable bonds is 5. The Morgan fingerprint density at radius 1 is 1.29 bits per heavy atom. The predicted molar refractivity (Wildman–Crippen MR) is 82.6 cm³/mol. The maximum absolute atomic E-state index is 12.6. The van der Waals surface area contributed by atoms with Gasteiger partial charge in [-0.25, -0.2) is 9.78 Å². The molecule has 0 aliphatic heterocycles. The van der Waals surface area contributed by atoms with E-state index in [4.69, 9.17) is 5.73 Å². The molecule has 2 N–H and O–H groups in total. The van der Waals surface area contributed by atoms with Crippen LogP contribution in [-0.2, 0) is 13.1 Å².